The molecule has 0 fully saturated rings. The van der Waals surface area contributed by atoms with Gasteiger partial charge in [-0.3, -0.25) is 4.79 Å². The fourth-order valence-corrected chi connectivity index (χ4v) is 3.72. The predicted molar refractivity (Wildman–Crippen MR) is 119 cm³/mol. The normalized spacial score (nSPS) is 15.2. The number of rotatable bonds is 4. The summed E-state index contributed by atoms with van der Waals surface area (Å²) in [6, 6.07) is 24.6. The van der Waals surface area contributed by atoms with Gasteiger partial charge in [-0.1, -0.05) is 66.7 Å². The lowest BCUT2D eigenvalue weighted by Gasteiger charge is -2.28. The Bertz CT molecular complexity index is 1250. The number of hydrogen-bond donors (Lipinski definition) is 2. The quantitative estimate of drug-likeness (QED) is 0.527. The van der Waals surface area contributed by atoms with Crippen LogP contribution in [0.15, 0.2) is 96.3 Å². The van der Waals surface area contributed by atoms with Crippen molar-refractivity contribution in [2.45, 2.75) is 13.0 Å². The number of anilines is 2. The molecule has 1 aliphatic heterocycles. The Morgan fingerprint density at radius 2 is 1.68 bits per heavy atom. The van der Waals surface area contributed by atoms with Gasteiger partial charge < -0.3 is 10.6 Å². The number of fused-ring (bicyclic) bond motifs is 1. The van der Waals surface area contributed by atoms with E-state index in [1.165, 1.54) is 0 Å². The lowest BCUT2D eigenvalue weighted by molar-refractivity contribution is -0.113. The van der Waals surface area contributed by atoms with Crippen LogP contribution >= 0.6 is 0 Å². The van der Waals surface area contributed by atoms with Crippen molar-refractivity contribution in [3.63, 3.8) is 0 Å². The van der Waals surface area contributed by atoms with Gasteiger partial charge in [-0.05, 0) is 24.6 Å². The van der Waals surface area contributed by atoms with Gasteiger partial charge >= 0.3 is 0 Å². The molecule has 152 valence electrons. The minimum Gasteiger partial charge on any atom is -0.328 e. The predicted octanol–water partition coefficient (Wildman–Crippen LogP) is 4.27. The van der Waals surface area contributed by atoms with E-state index in [2.05, 4.69) is 20.6 Å². The highest BCUT2D eigenvalue weighted by Crippen LogP contribution is 2.36. The summed E-state index contributed by atoms with van der Waals surface area (Å²) >= 11 is 0. The van der Waals surface area contributed by atoms with E-state index >= 15 is 0 Å². The number of allylic oxidation sites excluding steroid dienone is 1. The van der Waals surface area contributed by atoms with Crippen molar-refractivity contribution in [2.75, 3.05) is 10.6 Å². The maximum Gasteiger partial charge on any atom is 0.257 e. The average Bonchev–Trinajstić information content (AvgIpc) is 3.23. The number of amides is 1. The molecule has 7 heteroatoms. The van der Waals surface area contributed by atoms with Crippen molar-refractivity contribution >= 4 is 17.7 Å². The van der Waals surface area contributed by atoms with Gasteiger partial charge in [0, 0.05) is 17.5 Å². The Labute approximate surface area is 179 Å². The second kappa shape index (κ2) is 7.87. The molecular weight excluding hydrogens is 388 g/mol. The van der Waals surface area contributed by atoms with Gasteiger partial charge in [-0.2, -0.15) is 4.98 Å². The van der Waals surface area contributed by atoms with E-state index < -0.39 is 6.04 Å². The molecule has 0 aliphatic carbocycles. The Morgan fingerprint density at radius 3 is 2.39 bits per heavy atom. The lowest BCUT2D eigenvalue weighted by Crippen LogP contribution is -2.31. The number of benzene rings is 2. The second-order valence-electron chi connectivity index (χ2n) is 7.22. The van der Waals surface area contributed by atoms with E-state index in [-0.39, 0.29) is 5.91 Å². The van der Waals surface area contributed by atoms with Crippen LogP contribution in [0, 0.1) is 0 Å². The first-order valence-electron chi connectivity index (χ1n) is 9.98. The summed E-state index contributed by atoms with van der Waals surface area (Å²) < 4.78 is 1.78. The van der Waals surface area contributed by atoms with Gasteiger partial charge in [0.25, 0.3) is 5.91 Å². The van der Waals surface area contributed by atoms with E-state index in [1.807, 2.05) is 79.7 Å². The molecule has 2 aromatic heterocycles. The van der Waals surface area contributed by atoms with Crippen LogP contribution in [-0.4, -0.2) is 25.7 Å². The van der Waals surface area contributed by atoms with Gasteiger partial charge in [0.05, 0.1) is 5.57 Å². The second-order valence-corrected chi connectivity index (χ2v) is 7.22. The zero-order valence-corrected chi connectivity index (χ0v) is 16.9. The molecule has 2 N–H and O–H groups in total. The maximum absolute atomic E-state index is 13.3. The molecule has 0 saturated heterocycles. The van der Waals surface area contributed by atoms with Gasteiger partial charge in [0.1, 0.15) is 11.9 Å². The van der Waals surface area contributed by atoms with Gasteiger partial charge in [-0.25, -0.2) is 9.67 Å². The molecule has 31 heavy (non-hydrogen) atoms. The summed E-state index contributed by atoms with van der Waals surface area (Å²) in [5.41, 5.74) is 3.14. The third-order valence-corrected chi connectivity index (χ3v) is 5.15. The standard InChI is InChI=1S/C24H20N6O/c1-16-20(23(31)27-19-14-8-9-15-25-19)21(17-10-4-2-5-11-17)30-24(26-16)28-22(29-30)18-12-6-3-7-13-18/h2-15,21H,1H3,(H,25,27,31)(H,26,28,29)/t21-/m1/s1. The Balaban J connectivity index is 1.60. The summed E-state index contributed by atoms with van der Waals surface area (Å²) in [6.07, 6.45) is 1.65. The Kier molecular flexibility index (Phi) is 4.76. The minimum absolute atomic E-state index is 0.236. The summed E-state index contributed by atoms with van der Waals surface area (Å²) in [5.74, 6) is 1.46. The highest BCUT2D eigenvalue weighted by molar-refractivity contribution is 6.05. The summed E-state index contributed by atoms with van der Waals surface area (Å²) in [6.45, 7) is 1.88. The first kappa shape index (κ1) is 18.7. The summed E-state index contributed by atoms with van der Waals surface area (Å²) in [5, 5.41) is 10.9. The molecule has 5 rings (SSSR count). The number of aromatic nitrogens is 4. The van der Waals surface area contributed by atoms with Crippen molar-refractivity contribution in [1.82, 2.24) is 19.7 Å². The lowest BCUT2D eigenvalue weighted by atomic mass is 9.95. The van der Waals surface area contributed by atoms with Crippen LogP contribution in [0.2, 0.25) is 0 Å². The molecule has 4 aromatic rings. The number of nitrogens with one attached hydrogen (secondary N) is 2. The zero-order valence-electron chi connectivity index (χ0n) is 16.9. The van der Waals surface area contributed by atoms with Crippen molar-refractivity contribution < 1.29 is 4.79 Å². The first-order chi connectivity index (χ1) is 15.2. The molecule has 0 bridgehead atoms. The van der Waals surface area contributed by atoms with Crippen LogP contribution in [0.1, 0.15) is 18.5 Å². The molecule has 2 aromatic carbocycles. The molecular formula is C24H20N6O. The van der Waals surface area contributed by atoms with Crippen molar-refractivity contribution in [1.29, 1.82) is 0 Å². The van der Waals surface area contributed by atoms with Gasteiger partial charge in [0.15, 0.2) is 5.82 Å². The van der Waals surface area contributed by atoms with E-state index in [9.17, 15) is 4.79 Å². The highest BCUT2D eigenvalue weighted by Gasteiger charge is 2.34. The number of carbonyl (C=O) groups excluding carboxylic acids is 1. The van der Waals surface area contributed by atoms with Crippen LogP contribution in [-0.2, 0) is 4.79 Å². The smallest absolute Gasteiger partial charge is 0.257 e. The maximum atomic E-state index is 13.3. The number of pyridine rings is 1. The van der Waals surface area contributed by atoms with Crippen molar-refractivity contribution in [2.24, 2.45) is 0 Å². The molecule has 7 nitrogen and oxygen atoms in total. The van der Waals surface area contributed by atoms with Crippen LogP contribution in [0.3, 0.4) is 0 Å². The topological polar surface area (TPSA) is 84.7 Å². The minimum atomic E-state index is -0.425. The highest BCUT2D eigenvalue weighted by atomic mass is 16.1. The van der Waals surface area contributed by atoms with Gasteiger partial charge in [0.2, 0.25) is 5.95 Å². The van der Waals surface area contributed by atoms with Crippen molar-refractivity contribution in [3.05, 3.63) is 102 Å². The van der Waals surface area contributed by atoms with E-state index in [1.54, 1.807) is 16.9 Å². The molecule has 0 unspecified atom stereocenters. The molecule has 0 saturated carbocycles. The number of hydrogen-bond acceptors (Lipinski definition) is 5. The van der Waals surface area contributed by atoms with Gasteiger partial charge in [-0.15, -0.1) is 5.10 Å². The Hall–Kier alpha value is -4.26. The molecule has 1 amide bonds. The molecule has 0 radical (unpaired) electrons. The number of nitrogens with zero attached hydrogens (tertiary/aromatic N) is 4. The molecule has 1 atom stereocenters. The van der Waals surface area contributed by atoms with Crippen LogP contribution in [0.5, 0.6) is 0 Å². The average molecular weight is 408 g/mol. The van der Waals surface area contributed by atoms with Crippen LogP contribution in [0.4, 0.5) is 11.8 Å². The first-order valence-corrected chi connectivity index (χ1v) is 9.98. The fraction of sp³-hybridized carbons (Fsp3) is 0.0833. The van der Waals surface area contributed by atoms with Crippen LogP contribution < -0.4 is 10.6 Å². The fourth-order valence-electron chi connectivity index (χ4n) is 3.72. The molecule has 3 heterocycles. The van der Waals surface area contributed by atoms with E-state index in [4.69, 9.17) is 5.10 Å². The molecule has 0 spiro atoms. The summed E-state index contributed by atoms with van der Waals surface area (Å²) in [4.78, 5) is 22.2. The third kappa shape index (κ3) is 3.57. The van der Waals surface area contributed by atoms with Crippen molar-refractivity contribution in [3.8, 4) is 11.4 Å². The zero-order chi connectivity index (χ0) is 21.2. The third-order valence-electron chi connectivity index (χ3n) is 5.15. The van der Waals surface area contributed by atoms with E-state index in [0.29, 0.717) is 23.2 Å². The molecule has 1 aliphatic rings. The van der Waals surface area contributed by atoms with E-state index in [0.717, 1.165) is 16.8 Å². The monoisotopic (exact) mass is 408 g/mol. The van der Waals surface area contributed by atoms with Crippen LogP contribution in [0.25, 0.3) is 11.4 Å². The summed E-state index contributed by atoms with van der Waals surface area (Å²) in [7, 11) is 0. The largest absolute Gasteiger partial charge is 0.328 e. The Morgan fingerprint density at radius 1 is 0.968 bits per heavy atom. The number of carbonyl (C=O) groups is 1. The SMILES string of the molecule is CC1=C(C(=O)Nc2ccccn2)[C@@H](c2ccccc2)n2nc(-c3ccccc3)nc2N1.